The summed E-state index contributed by atoms with van der Waals surface area (Å²) >= 11 is 0. The van der Waals surface area contributed by atoms with Crippen molar-refractivity contribution >= 4 is 10.0 Å². The summed E-state index contributed by atoms with van der Waals surface area (Å²) in [5, 5.41) is 3.07. The minimum atomic E-state index is -3.43. The Morgan fingerprint density at radius 3 is 2.52 bits per heavy atom. The minimum absolute atomic E-state index is 0.184. The Kier molecular flexibility index (Phi) is 5.07. The molecule has 0 atom stereocenters. The summed E-state index contributed by atoms with van der Waals surface area (Å²) in [4.78, 5) is 0.404. The van der Waals surface area contributed by atoms with Crippen molar-refractivity contribution in [2.75, 3.05) is 13.6 Å². The molecule has 0 aliphatic heterocycles. The molecule has 21 heavy (non-hydrogen) atoms. The lowest BCUT2D eigenvalue weighted by Gasteiger charge is -2.41. The molecule has 2 rings (SSSR count). The van der Waals surface area contributed by atoms with Gasteiger partial charge in [0.05, 0.1) is 4.90 Å². The molecular formula is C16H26N2O2S. The van der Waals surface area contributed by atoms with Gasteiger partial charge in [-0.2, -0.15) is 0 Å². The maximum absolute atomic E-state index is 12.6. The molecule has 2 N–H and O–H groups in total. The van der Waals surface area contributed by atoms with Gasteiger partial charge in [-0.15, -0.1) is 0 Å². The van der Waals surface area contributed by atoms with E-state index >= 15 is 0 Å². The Morgan fingerprint density at radius 1 is 1.29 bits per heavy atom. The maximum atomic E-state index is 12.6. The van der Waals surface area contributed by atoms with Gasteiger partial charge in [-0.05, 0) is 55.8 Å². The number of nitrogens with one attached hydrogen (secondary N) is 2. The first-order chi connectivity index (χ1) is 9.94. The Labute approximate surface area is 128 Å². The van der Waals surface area contributed by atoms with E-state index in [-0.39, 0.29) is 5.41 Å². The van der Waals surface area contributed by atoms with Crippen molar-refractivity contribution in [1.82, 2.24) is 10.0 Å². The molecule has 118 valence electrons. The third-order valence-corrected chi connectivity index (χ3v) is 6.40. The standard InChI is InChI=1S/C16H26N2O2S/c1-4-16(9-6-10-16)12-18-21(19,20)15-8-5-7-14(11-17-3)13(15)2/h5,7-8,17-18H,4,6,9-12H2,1-3H3. The number of sulfonamides is 1. The molecule has 0 spiro atoms. The highest BCUT2D eigenvalue weighted by atomic mass is 32.2. The smallest absolute Gasteiger partial charge is 0.240 e. The summed E-state index contributed by atoms with van der Waals surface area (Å²) in [6, 6.07) is 5.47. The zero-order chi connectivity index (χ0) is 15.5. The lowest BCUT2D eigenvalue weighted by Crippen LogP contribution is -2.41. The van der Waals surface area contributed by atoms with Crippen LogP contribution in [-0.2, 0) is 16.6 Å². The van der Waals surface area contributed by atoms with E-state index in [0.717, 1.165) is 30.4 Å². The molecule has 0 bridgehead atoms. The molecule has 1 aromatic rings. The van der Waals surface area contributed by atoms with Crippen LogP contribution in [0.25, 0.3) is 0 Å². The lowest BCUT2D eigenvalue weighted by atomic mass is 9.67. The molecule has 0 radical (unpaired) electrons. The molecule has 1 aliphatic carbocycles. The fourth-order valence-electron chi connectivity index (χ4n) is 2.99. The highest BCUT2D eigenvalue weighted by Crippen LogP contribution is 2.43. The molecule has 1 saturated carbocycles. The van der Waals surface area contributed by atoms with Crippen LogP contribution < -0.4 is 10.0 Å². The molecule has 1 aliphatic rings. The van der Waals surface area contributed by atoms with E-state index in [4.69, 9.17) is 0 Å². The Morgan fingerprint density at radius 2 is 2.00 bits per heavy atom. The summed E-state index contributed by atoms with van der Waals surface area (Å²) in [6.07, 6.45) is 4.51. The third-order valence-electron chi connectivity index (χ3n) is 4.85. The fraction of sp³-hybridized carbons (Fsp3) is 0.625. The van der Waals surface area contributed by atoms with Gasteiger partial charge >= 0.3 is 0 Å². The maximum Gasteiger partial charge on any atom is 0.240 e. The zero-order valence-corrected chi connectivity index (χ0v) is 14.0. The first-order valence-corrected chi connectivity index (χ1v) is 9.15. The van der Waals surface area contributed by atoms with E-state index in [1.54, 1.807) is 6.07 Å². The van der Waals surface area contributed by atoms with Gasteiger partial charge in [0.1, 0.15) is 0 Å². The van der Waals surface area contributed by atoms with E-state index in [1.807, 2.05) is 26.1 Å². The van der Waals surface area contributed by atoms with Gasteiger partial charge in [0, 0.05) is 13.1 Å². The van der Waals surface area contributed by atoms with E-state index in [0.29, 0.717) is 18.0 Å². The number of rotatable bonds is 7. The van der Waals surface area contributed by atoms with Crippen LogP contribution in [0, 0.1) is 12.3 Å². The number of hydrogen-bond donors (Lipinski definition) is 2. The molecule has 1 fully saturated rings. The quantitative estimate of drug-likeness (QED) is 0.814. The number of hydrogen-bond acceptors (Lipinski definition) is 3. The van der Waals surface area contributed by atoms with Gasteiger partial charge in [-0.3, -0.25) is 0 Å². The van der Waals surface area contributed by atoms with Crippen LogP contribution in [0.5, 0.6) is 0 Å². The predicted molar refractivity (Wildman–Crippen MR) is 85.7 cm³/mol. The van der Waals surface area contributed by atoms with Crippen LogP contribution >= 0.6 is 0 Å². The predicted octanol–water partition coefficient (Wildman–Crippen LogP) is 2.57. The summed E-state index contributed by atoms with van der Waals surface area (Å²) < 4.78 is 28.0. The molecule has 0 aromatic heterocycles. The van der Waals surface area contributed by atoms with Crippen LogP contribution in [0.2, 0.25) is 0 Å². The van der Waals surface area contributed by atoms with Crippen molar-refractivity contribution in [2.45, 2.75) is 51.0 Å². The Balaban J connectivity index is 2.17. The SMILES string of the molecule is CCC1(CNS(=O)(=O)c2cccc(CNC)c2C)CCC1. The van der Waals surface area contributed by atoms with Gasteiger partial charge in [-0.1, -0.05) is 25.5 Å². The largest absolute Gasteiger partial charge is 0.316 e. The Hall–Kier alpha value is -0.910. The molecule has 0 heterocycles. The Bertz CT molecular complexity index is 587. The molecule has 0 saturated heterocycles. The third kappa shape index (κ3) is 3.47. The number of benzene rings is 1. The average Bonchev–Trinajstić information content (AvgIpc) is 2.40. The van der Waals surface area contributed by atoms with Gasteiger partial charge < -0.3 is 5.32 Å². The second-order valence-corrected chi connectivity index (χ2v) is 7.84. The highest BCUT2D eigenvalue weighted by Gasteiger charge is 2.36. The summed E-state index contributed by atoms with van der Waals surface area (Å²) in [5.41, 5.74) is 2.04. The van der Waals surface area contributed by atoms with Crippen molar-refractivity contribution < 1.29 is 8.42 Å². The van der Waals surface area contributed by atoms with Crippen molar-refractivity contribution in [1.29, 1.82) is 0 Å². The summed E-state index contributed by atoms with van der Waals surface area (Å²) in [5.74, 6) is 0. The first-order valence-electron chi connectivity index (χ1n) is 7.67. The highest BCUT2D eigenvalue weighted by molar-refractivity contribution is 7.89. The van der Waals surface area contributed by atoms with E-state index in [1.165, 1.54) is 6.42 Å². The van der Waals surface area contributed by atoms with Crippen LogP contribution in [0.15, 0.2) is 23.1 Å². The molecular weight excluding hydrogens is 284 g/mol. The van der Waals surface area contributed by atoms with Gasteiger partial charge in [-0.25, -0.2) is 13.1 Å². The molecule has 0 unspecified atom stereocenters. The van der Waals surface area contributed by atoms with E-state index in [9.17, 15) is 8.42 Å². The van der Waals surface area contributed by atoms with Crippen LogP contribution in [0.3, 0.4) is 0 Å². The monoisotopic (exact) mass is 310 g/mol. The second kappa shape index (κ2) is 6.46. The van der Waals surface area contributed by atoms with Crippen molar-refractivity contribution in [3.8, 4) is 0 Å². The van der Waals surface area contributed by atoms with Crippen molar-refractivity contribution in [3.63, 3.8) is 0 Å². The lowest BCUT2D eigenvalue weighted by molar-refractivity contribution is 0.133. The van der Waals surface area contributed by atoms with Gasteiger partial charge in [0.2, 0.25) is 10.0 Å². The van der Waals surface area contributed by atoms with Crippen molar-refractivity contribution in [3.05, 3.63) is 29.3 Å². The topological polar surface area (TPSA) is 58.2 Å². The molecule has 1 aromatic carbocycles. The van der Waals surface area contributed by atoms with Crippen LogP contribution in [-0.4, -0.2) is 22.0 Å². The normalized spacial score (nSPS) is 17.5. The van der Waals surface area contributed by atoms with Crippen LogP contribution in [0.4, 0.5) is 0 Å². The minimum Gasteiger partial charge on any atom is -0.316 e. The zero-order valence-electron chi connectivity index (χ0n) is 13.2. The van der Waals surface area contributed by atoms with E-state index in [2.05, 4.69) is 17.0 Å². The fourth-order valence-corrected chi connectivity index (χ4v) is 4.43. The molecule has 0 amide bonds. The van der Waals surface area contributed by atoms with Gasteiger partial charge in [0.25, 0.3) is 0 Å². The second-order valence-electron chi connectivity index (χ2n) is 6.10. The van der Waals surface area contributed by atoms with Crippen molar-refractivity contribution in [2.24, 2.45) is 5.41 Å². The van der Waals surface area contributed by atoms with E-state index < -0.39 is 10.0 Å². The summed E-state index contributed by atoms with van der Waals surface area (Å²) in [7, 11) is -1.57. The average molecular weight is 310 g/mol. The summed E-state index contributed by atoms with van der Waals surface area (Å²) in [6.45, 7) is 5.25. The van der Waals surface area contributed by atoms with Gasteiger partial charge in [0.15, 0.2) is 0 Å². The molecule has 5 heteroatoms. The first kappa shape index (κ1) is 16.5. The van der Waals surface area contributed by atoms with Crippen LogP contribution in [0.1, 0.15) is 43.7 Å². The molecule has 4 nitrogen and oxygen atoms in total.